The van der Waals surface area contributed by atoms with E-state index in [1.54, 1.807) is 6.07 Å². The number of nitro benzene ring substituents is 1. The van der Waals surface area contributed by atoms with Crippen molar-refractivity contribution in [3.63, 3.8) is 0 Å². The molecule has 0 atom stereocenters. The van der Waals surface area contributed by atoms with Crippen molar-refractivity contribution in [2.24, 2.45) is 0 Å². The third kappa shape index (κ3) is 4.65. The maximum Gasteiger partial charge on any atom is 0.271 e. The first kappa shape index (κ1) is 19.6. The van der Waals surface area contributed by atoms with Gasteiger partial charge in [0.05, 0.1) is 29.9 Å². The summed E-state index contributed by atoms with van der Waals surface area (Å²) in [6.45, 7) is 0. The summed E-state index contributed by atoms with van der Waals surface area (Å²) < 4.78 is 10.3. The highest BCUT2D eigenvalue weighted by atomic mass is 35.5. The summed E-state index contributed by atoms with van der Waals surface area (Å²) in [5, 5.41) is 14.1. The molecule has 26 heavy (non-hydrogen) atoms. The Balaban J connectivity index is 2.26. The molecule has 136 valence electrons. The van der Waals surface area contributed by atoms with Gasteiger partial charge in [-0.05, 0) is 24.3 Å². The van der Waals surface area contributed by atoms with Crippen LogP contribution in [0.25, 0.3) is 6.08 Å². The quantitative estimate of drug-likeness (QED) is 0.438. The van der Waals surface area contributed by atoms with Gasteiger partial charge in [-0.1, -0.05) is 23.2 Å². The molecule has 0 unspecified atom stereocenters. The van der Waals surface area contributed by atoms with Crippen LogP contribution in [0.2, 0.25) is 10.0 Å². The second-order valence-electron chi connectivity index (χ2n) is 4.97. The third-order valence-electron chi connectivity index (χ3n) is 3.31. The number of hydrogen-bond acceptors (Lipinski definition) is 5. The molecule has 0 saturated carbocycles. The van der Waals surface area contributed by atoms with Crippen LogP contribution >= 0.6 is 23.2 Å². The number of benzene rings is 2. The Morgan fingerprint density at radius 3 is 2.54 bits per heavy atom. The zero-order chi connectivity index (χ0) is 19.3. The molecule has 0 fully saturated rings. The first-order valence-corrected chi connectivity index (χ1v) is 7.95. The van der Waals surface area contributed by atoms with E-state index in [-0.39, 0.29) is 11.4 Å². The van der Waals surface area contributed by atoms with Crippen LogP contribution in [0.15, 0.2) is 36.4 Å². The predicted molar refractivity (Wildman–Crippen MR) is 100 cm³/mol. The summed E-state index contributed by atoms with van der Waals surface area (Å²) in [5.41, 5.74) is 0.506. The molecule has 9 heteroatoms. The Hall–Kier alpha value is -2.77. The molecule has 0 heterocycles. The topological polar surface area (TPSA) is 90.7 Å². The SMILES string of the molecule is COc1ccc([N+](=O)[O-])cc1NC(=O)C=Cc1cc(Cl)cc(Cl)c1OC. The summed E-state index contributed by atoms with van der Waals surface area (Å²) in [6.07, 6.45) is 2.69. The lowest BCUT2D eigenvalue weighted by molar-refractivity contribution is -0.384. The van der Waals surface area contributed by atoms with Gasteiger partial charge in [-0.3, -0.25) is 14.9 Å². The first-order chi connectivity index (χ1) is 12.3. The van der Waals surface area contributed by atoms with Gasteiger partial charge in [0.25, 0.3) is 5.69 Å². The minimum Gasteiger partial charge on any atom is -0.495 e. The van der Waals surface area contributed by atoms with Gasteiger partial charge in [-0.25, -0.2) is 0 Å². The molecule has 1 N–H and O–H groups in total. The average Bonchev–Trinajstić information content (AvgIpc) is 2.59. The Labute approximate surface area is 159 Å². The highest BCUT2D eigenvalue weighted by Crippen LogP contribution is 2.33. The number of carbonyl (C=O) groups excluding carboxylic acids is 1. The molecule has 0 radical (unpaired) electrons. The van der Waals surface area contributed by atoms with E-state index in [1.807, 2.05) is 0 Å². The van der Waals surface area contributed by atoms with E-state index in [4.69, 9.17) is 32.7 Å². The molecule has 2 aromatic rings. The van der Waals surface area contributed by atoms with Crippen molar-refractivity contribution >= 4 is 46.6 Å². The van der Waals surface area contributed by atoms with Crippen LogP contribution in [0.1, 0.15) is 5.56 Å². The van der Waals surface area contributed by atoms with Crippen LogP contribution in [-0.2, 0) is 4.79 Å². The molecule has 1 amide bonds. The van der Waals surface area contributed by atoms with E-state index in [1.165, 1.54) is 50.6 Å². The van der Waals surface area contributed by atoms with E-state index in [0.29, 0.717) is 27.1 Å². The summed E-state index contributed by atoms with van der Waals surface area (Å²) >= 11 is 12.0. The van der Waals surface area contributed by atoms with Crippen molar-refractivity contribution in [2.75, 3.05) is 19.5 Å². The number of carbonyl (C=O) groups is 1. The van der Waals surface area contributed by atoms with Crippen LogP contribution in [0.4, 0.5) is 11.4 Å². The number of rotatable bonds is 6. The van der Waals surface area contributed by atoms with Gasteiger partial charge < -0.3 is 14.8 Å². The third-order valence-corrected chi connectivity index (χ3v) is 3.81. The maximum atomic E-state index is 12.2. The lowest BCUT2D eigenvalue weighted by Crippen LogP contribution is -2.09. The van der Waals surface area contributed by atoms with Crippen LogP contribution < -0.4 is 14.8 Å². The molecule has 0 spiro atoms. The number of non-ortho nitro benzene ring substituents is 1. The number of ether oxygens (including phenoxy) is 2. The minimum absolute atomic E-state index is 0.173. The summed E-state index contributed by atoms with van der Waals surface area (Å²) in [7, 11) is 2.84. The fourth-order valence-corrected chi connectivity index (χ4v) is 2.75. The van der Waals surface area contributed by atoms with Gasteiger partial charge in [0, 0.05) is 28.8 Å². The number of nitro groups is 1. The molecule has 0 bridgehead atoms. The van der Waals surface area contributed by atoms with Crippen LogP contribution in [0.5, 0.6) is 11.5 Å². The highest BCUT2D eigenvalue weighted by Gasteiger charge is 2.13. The zero-order valence-corrected chi connectivity index (χ0v) is 15.3. The van der Waals surface area contributed by atoms with Crippen LogP contribution in [-0.4, -0.2) is 25.1 Å². The Morgan fingerprint density at radius 1 is 1.19 bits per heavy atom. The molecule has 7 nitrogen and oxygen atoms in total. The van der Waals surface area contributed by atoms with Crippen molar-refractivity contribution in [1.29, 1.82) is 0 Å². The van der Waals surface area contributed by atoms with Crippen molar-refractivity contribution in [2.45, 2.75) is 0 Å². The number of nitrogens with one attached hydrogen (secondary N) is 1. The highest BCUT2D eigenvalue weighted by molar-refractivity contribution is 6.36. The molecule has 0 aromatic heterocycles. The number of amides is 1. The van der Waals surface area contributed by atoms with Crippen molar-refractivity contribution in [1.82, 2.24) is 0 Å². The van der Waals surface area contributed by atoms with E-state index >= 15 is 0 Å². The Bertz CT molecular complexity index is 884. The normalized spacial score (nSPS) is 10.6. The number of anilines is 1. The lowest BCUT2D eigenvalue weighted by Gasteiger charge is -2.09. The number of methoxy groups -OCH3 is 2. The van der Waals surface area contributed by atoms with E-state index < -0.39 is 10.8 Å². The van der Waals surface area contributed by atoms with E-state index in [2.05, 4.69) is 5.32 Å². The van der Waals surface area contributed by atoms with Gasteiger partial charge >= 0.3 is 0 Å². The molecule has 0 saturated heterocycles. The molecule has 0 aliphatic carbocycles. The largest absolute Gasteiger partial charge is 0.495 e. The van der Waals surface area contributed by atoms with Crippen LogP contribution in [0.3, 0.4) is 0 Å². The molecule has 2 aromatic carbocycles. The summed E-state index contributed by atoms with van der Waals surface area (Å²) in [5.74, 6) is 0.135. The van der Waals surface area contributed by atoms with E-state index in [0.717, 1.165) is 0 Å². The van der Waals surface area contributed by atoms with Crippen LogP contribution in [0, 0.1) is 10.1 Å². The van der Waals surface area contributed by atoms with E-state index in [9.17, 15) is 14.9 Å². The summed E-state index contributed by atoms with van der Waals surface area (Å²) in [4.78, 5) is 22.5. The Kier molecular flexibility index (Phi) is 6.43. The average molecular weight is 397 g/mol. The Morgan fingerprint density at radius 2 is 1.92 bits per heavy atom. The molecular formula is C17H14Cl2N2O5. The maximum absolute atomic E-state index is 12.2. The van der Waals surface area contributed by atoms with Gasteiger partial charge in [-0.2, -0.15) is 0 Å². The monoisotopic (exact) mass is 396 g/mol. The van der Waals surface area contributed by atoms with Gasteiger partial charge in [-0.15, -0.1) is 0 Å². The molecule has 0 aliphatic rings. The fourth-order valence-electron chi connectivity index (χ4n) is 2.17. The van der Waals surface area contributed by atoms with Gasteiger partial charge in [0.1, 0.15) is 11.5 Å². The second-order valence-corrected chi connectivity index (χ2v) is 5.82. The summed E-state index contributed by atoms with van der Waals surface area (Å²) in [6, 6.07) is 7.00. The zero-order valence-electron chi connectivity index (χ0n) is 13.8. The first-order valence-electron chi connectivity index (χ1n) is 7.20. The molecular weight excluding hydrogens is 383 g/mol. The predicted octanol–water partition coefficient (Wildman–Crippen LogP) is 4.57. The minimum atomic E-state index is -0.566. The molecule has 2 rings (SSSR count). The second kappa shape index (κ2) is 8.55. The smallest absolute Gasteiger partial charge is 0.271 e. The van der Waals surface area contributed by atoms with Crippen molar-refractivity contribution in [3.05, 3.63) is 62.1 Å². The number of hydrogen-bond donors (Lipinski definition) is 1. The van der Waals surface area contributed by atoms with Crippen molar-refractivity contribution < 1.29 is 19.2 Å². The number of nitrogens with zero attached hydrogens (tertiary/aromatic N) is 1. The van der Waals surface area contributed by atoms with Gasteiger partial charge in [0.15, 0.2) is 0 Å². The lowest BCUT2D eigenvalue weighted by atomic mass is 10.2. The van der Waals surface area contributed by atoms with Gasteiger partial charge in [0.2, 0.25) is 5.91 Å². The number of halogens is 2. The molecule has 0 aliphatic heterocycles. The van der Waals surface area contributed by atoms with Crippen molar-refractivity contribution in [3.8, 4) is 11.5 Å². The fraction of sp³-hybridized carbons (Fsp3) is 0.118. The standard InChI is InChI=1S/C17H14Cl2N2O5/c1-25-15-5-4-12(21(23)24)9-14(15)20-16(22)6-3-10-7-11(18)8-13(19)17(10)26-2/h3-9H,1-2H3,(H,20,22).